The quantitative estimate of drug-likeness (QED) is 0.197. The van der Waals surface area contributed by atoms with Crippen LogP contribution in [0.3, 0.4) is 0 Å². The van der Waals surface area contributed by atoms with Crippen LogP contribution in [-0.2, 0) is 10.8 Å². The molecule has 43 heavy (non-hydrogen) atoms. The van der Waals surface area contributed by atoms with Gasteiger partial charge in [-0.3, -0.25) is 4.79 Å². The van der Waals surface area contributed by atoms with Crippen molar-refractivity contribution in [2.24, 2.45) is 5.73 Å². The highest BCUT2D eigenvalue weighted by atomic mass is 35.5. The first-order valence-electron chi connectivity index (χ1n) is 13.0. The van der Waals surface area contributed by atoms with Gasteiger partial charge in [-0.05, 0) is 47.5 Å². The largest absolute Gasteiger partial charge is 0.367 e. The molecule has 4 aromatic rings. The van der Waals surface area contributed by atoms with Crippen molar-refractivity contribution in [1.29, 1.82) is 5.26 Å². The van der Waals surface area contributed by atoms with Gasteiger partial charge >= 0.3 is 0 Å². The molecule has 0 spiro atoms. The van der Waals surface area contributed by atoms with Gasteiger partial charge in [-0.1, -0.05) is 75.2 Å². The number of carbonyl (C=O) groups excluding carboxylic acids is 1. The summed E-state index contributed by atoms with van der Waals surface area (Å²) in [6, 6.07) is 17.5. The van der Waals surface area contributed by atoms with Gasteiger partial charge in [0.2, 0.25) is 0 Å². The Hall–Kier alpha value is -4.40. The summed E-state index contributed by atoms with van der Waals surface area (Å²) in [5.41, 5.74) is 7.17. The van der Waals surface area contributed by atoms with Crippen molar-refractivity contribution in [3.05, 3.63) is 105 Å². The molecule has 0 saturated heterocycles. The highest BCUT2D eigenvalue weighted by Gasteiger charge is 2.23. The summed E-state index contributed by atoms with van der Waals surface area (Å²) in [4.78, 5) is 11.4. The molecule has 2 aromatic carbocycles. The molecule has 2 heterocycles. The highest BCUT2D eigenvalue weighted by molar-refractivity contribution is 6.30. The lowest BCUT2D eigenvalue weighted by Gasteiger charge is -2.26. The van der Waals surface area contributed by atoms with Crippen molar-refractivity contribution < 1.29 is 13.6 Å². The zero-order chi connectivity index (χ0) is 31.8. The fraction of sp³-hybridized carbons (Fsp3) is 0.267. The van der Waals surface area contributed by atoms with Gasteiger partial charge in [0.1, 0.15) is 17.7 Å². The Kier molecular flexibility index (Phi) is 10.9. The number of nitrogens with one attached hydrogen (secondary N) is 2. The molecule has 0 unspecified atom stereocenters. The lowest BCUT2D eigenvalue weighted by Crippen LogP contribution is -2.29. The van der Waals surface area contributed by atoms with Crippen LogP contribution in [-0.4, -0.2) is 39.4 Å². The summed E-state index contributed by atoms with van der Waals surface area (Å²) >= 11 is 11.4. The third kappa shape index (κ3) is 9.30. The zero-order valence-electron chi connectivity index (χ0n) is 23.9. The van der Waals surface area contributed by atoms with Gasteiger partial charge in [0.05, 0.1) is 11.1 Å². The average Bonchev–Trinajstić information content (AvgIpc) is 2.96. The molecule has 0 radical (unpaired) electrons. The van der Waals surface area contributed by atoms with Crippen LogP contribution in [0.15, 0.2) is 60.7 Å². The molecule has 0 saturated carbocycles. The fourth-order valence-corrected chi connectivity index (χ4v) is 4.18. The van der Waals surface area contributed by atoms with Crippen LogP contribution in [0.2, 0.25) is 10.3 Å². The molecular formula is C30H30Cl2F2N8O. The van der Waals surface area contributed by atoms with Gasteiger partial charge in [-0.25, -0.2) is 8.78 Å². The van der Waals surface area contributed by atoms with Crippen molar-refractivity contribution >= 4 is 40.7 Å². The Morgan fingerprint density at radius 1 is 0.791 bits per heavy atom. The predicted octanol–water partition coefficient (Wildman–Crippen LogP) is 6.29. The molecule has 9 nitrogen and oxygen atoms in total. The number of anilines is 2. The maximum absolute atomic E-state index is 13.0. The third-order valence-electron chi connectivity index (χ3n) is 6.56. The predicted molar refractivity (Wildman–Crippen MR) is 163 cm³/mol. The summed E-state index contributed by atoms with van der Waals surface area (Å²) in [7, 11) is 0. The molecule has 0 atom stereocenters. The second kappa shape index (κ2) is 14.2. The van der Waals surface area contributed by atoms with Crippen LogP contribution in [0.1, 0.15) is 54.7 Å². The third-order valence-corrected chi connectivity index (χ3v) is 6.93. The molecule has 4 rings (SSSR count). The van der Waals surface area contributed by atoms with Crippen LogP contribution >= 0.6 is 23.2 Å². The van der Waals surface area contributed by atoms with Gasteiger partial charge in [0, 0.05) is 23.9 Å². The molecule has 4 N–H and O–H groups in total. The molecule has 0 aliphatic carbocycles. The molecule has 0 aliphatic rings. The molecule has 0 aliphatic heterocycles. The normalized spacial score (nSPS) is 11.1. The topological polar surface area (TPSA) is 142 Å². The SMILES string of the molecule is CC(C)(CNc1nnc(Cl)cc1C#N)c1ccc(F)cc1.CC(C)(CNc1nnc(Cl)cc1C(N)=O)c1ccc(F)cc1. The Balaban J connectivity index is 0.000000236. The zero-order valence-corrected chi connectivity index (χ0v) is 25.4. The van der Waals surface area contributed by atoms with E-state index in [0.29, 0.717) is 24.5 Å². The molecular weight excluding hydrogens is 597 g/mol. The number of halogens is 4. The first kappa shape index (κ1) is 33.1. The summed E-state index contributed by atoms with van der Waals surface area (Å²) in [5, 5.41) is 30.6. The van der Waals surface area contributed by atoms with E-state index >= 15 is 0 Å². The van der Waals surface area contributed by atoms with Crippen LogP contribution in [0, 0.1) is 23.0 Å². The van der Waals surface area contributed by atoms with E-state index in [0.717, 1.165) is 11.1 Å². The van der Waals surface area contributed by atoms with Crippen molar-refractivity contribution in [2.45, 2.75) is 38.5 Å². The number of amides is 1. The van der Waals surface area contributed by atoms with Gasteiger partial charge in [-0.2, -0.15) is 5.26 Å². The summed E-state index contributed by atoms with van der Waals surface area (Å²) in [6.45, 7) is 8.98. The van der Waals surface area contributed by atoms with Crippen molar-refractivity contribution in [2.75, 3.05) is 23.7 Å². The van der Waals surface area contributed by atoms with Gasteiger partial charge in [0.25, 0.3) is 5.91 Å². The number of hydrogen-bond acceptors (Lipinski definition) is 8. The minimum atomic E-state index is -0.640. The number of rotatable bonds is 9. The average molecular weight is 628 g/mol. The Labute approximate surface area is 258 Å². The molecule has 224 valence electrons. The number of benzene rings is 2. The van der Waals surface area contributed by atoms with Gasteiger partial charge in [-0.15, -0.1) is 20.4 Å². The standard InChI is InChI=1S/C15H16ClFN4O.C15H14ClFN4/c1-15(2,9-3-5-10(17)6-4-9)8-19-14-11(13(18)22)7-12(16)20-21-14;1-15(2,11-3-5-12(17)6-4-11)9-19-14-10(8-18)7-13(16)20-21-14/h3-7H,8H2,1-2H3,(H2,18,22)(H,19,21);3-7H,9H2,1-2H3,(H,19,21). The molecule has 0 fully saturated rings. The van der Waals surface area contributed by atoms with Crippen LogP contribution in [0.5, 0.6) is 0 Å². The minimum Gasteiger partial charge on any atom is -0.367 e. The Bertz CT molecular complexity index is 1610. The Morgan fingerprint density at radius 2 is 1.21 bits per heavy atom. The molecule has 13 heteroatoms. The summed E-state index contributed by atoms with van der Waals surface area (Å²) < 4.78 is 26.0. The van der Waals surface area contributed by atoms with Crippen LogP contribution < -0.4 is 16.4 Å². The van der Waals surface area contributed by atoms with E-state index in [-0.39, 0.29) is 44.2 Å². The van der Waals surface area contributed by atoms with Crippen molar-refractivity contribution in [3.8, 4) is 6.07 Å². The number of primary amides is 1. The smallest absolute Gasteiger partial charge is 0.252 e. The number of nitriles is 1. The van der Waals surface area contributed by atoms with Gasteiger partial charge < -0.3 is 16.4 Å². The Morgan fingerprint density at radius 3 is 1.65 bits per heavy atom. The highest BCUT2D eigenvalue weighted by Crippen LogP contribution is 2.26. The first-order valence-corrected chi connectivity index (χ1v) is 13.7. The lowest BCUT2D eigenvalue weighted by atomic mass is 9.84. The fourth-order valence-electron chi connectivity index (χ4n) is 3.89. The number of carbonyl (C=O) groups is 1. The maximum Gasteiger partial charge on any atom is 0.252 e. The minimum absolute atomic E-state index is 0.0946. The van der Waals surface area contributed by atoms with Crippen molar-refractivity contribution in [3.63, 3.8) is 0 Å². The van der Waals surface area contributed by atoms with E-state index in [1.165, 1.54) is 36.4 Å². The van der Waals surface area contributed by atoms with E-state index in [1.54, 1.807) is 24.3 Å². The van der Waals surface area contributed by atoms with E-state index in [4.69, 9.17) is 34.2 Å². The number of nitrogens with two attached hydrogens (primary N) is 1. The van der Waals surface area contributed by atoms with E-state index in [1.807, 2.05) is 33.8 Å². The maximum atomic E-state index is 13.0. The number of hydrogen-bond donors (Lipinski definition) is 3. The van der Waals surface area contributed by atoms with Crippen LogP contribution in [0.4, 0.5) is 20.4 Å². The second-order valence-corrected chi connectivity index (χ2v) is 11.6. The molecule has 2 aromatic heterocycles. The monoisotopic (exact) mass is 626 g/mol. The molecule has 0 bridgehead atoms. The molecule has 1 amide bonds. The van der Waals surface area contributed by atoms with Crippen LogP contribution in [0.25, 0.3) is 0 Å². The first-order chi connectivity index (χ1) is 20.2. The van der Waals surface area contributed by atoms with E-state index in [9.17, 15) is 13.6 Å². The van der Waals surface area contributed by atoms with E-state index < -0.39 is 5.91 Å². The summed E-state index contributed by atoms with van der Waals surface area (Å²) in [5.74, 6) is -0.534. The van der Waals surface area contributed by atoms with E-state index in [2.05, 4.69) is 31.0 Å². The second-order valence-electron chi connectivity index (χ2n) is 10.8. The number of nitrogens with zero attached hydrogens (tertiary/aromatic N) is 5. The number of aromatic nitrogens is 4. The van der Waals surface area contributed by atoms with Gasteiger partial charge in [0.15, 0.2) is 21.9 Å². The van der Waals surface area contributed by atoms with Crippen molar-refractivity contribution in [1.82, 2.24) is 20.4 Å². The lowest BCUT2D eigenvalue weighted by molar-refractivity contribution is 0.100. The summed E-state index contributed by atoms with van der Waals surface area (Å²) in [6.07, 6.45) is 0.